The van der Waals surface area contributed by atoms with Crippen LogP contribution in [0.15, 0.2) is 0 Å². The van der Waals surface area contributed by atoms with E-state index in [1.165, 1.54) is 12.8 Å². The number of piperazine rings is 1. The Hall–Kier alpha value is -1.34. The fraction of sp³-hybridized carbons (Fsp3) is 0.900. The normalized spacial score (nSPS) is 24.1. The highest BCUT2D eigenvalue weighted by molar-refractivity contribution is 5.82. The van der Waals surface area contributed by atoms with E-state index in [4.69, 9.17) is 4.74 Å². The van der Waals surface area contributed by atoms with Crippen molar-refractivity contribution in [3.8, 4) is 0 Å². The zero-order valence-electron chi connectivity index (χ0n) is 17.2. The first-order valence-corrected chi connectivity index (χ1v) is 10.5. The maximum absolute atomic E-state index is 13.3. The third kappa shape index (κ3) is 5.35. The summed E-state index contributed by atoms with van der Waals surface area (Å²) in [5, 5.41) is 3.04. The minimum atomic E-state index is -0.229. The summed E-state index contributed by atoms with van der Waals surface area (Å²) < 4.78 is 5.42. The highest BCUT2D eigenvalue weighted by Crippen LogP contribution is 2.32. The highest BCUT2D eigenvalue weighted by Gasteiger charge is 2.39. The third-order valence-corrected chi connectivity index (χ3v) is 5.90. The van der Waals surface area contributed by atoms with Crippen molar-refractivity contribution in [2.75, 3.05) is 52.5 Å². The number of amides is 3. The zero-order chi connectivity index (χ0) is 19.4. The molecule has 3 fully saturated rings. The average molecular weight is 381 g/mol. The predicted molar refractivity (Wildman–Crippen MR) is 105 cm³/mol. The SMILES string of the molecule is CC(C)(C)NC(=O)N1CCN(C(C(=O)N2CCOCC2)C2CCCC2)CC1. The molecule has 3 aliphatic rings. The zero-order valence-corrected chi connectivity index (χ0v) is 17.2. The number of hydrogen-bond donors (Lipinski definition) is 1. The van der Waals surface area contributed by atoms with Crippen LogP contribution >= 0.6 is 0 Å². The number of morpholine rings is 1. The summed E-state index contributed by atoms with van der Waals surface area (Å²) in [5.74, 6) is 0.730. The third-order valence-electron chi connectivity index (χ3n) is 5.90. The van der Waals surface area contributed by atoms with Gasteiger partial charge in [0.1, 0.15) is 0 Å². The van der Waals surface area contributed by atoms with Gasteiger partial charge >= 0.3 is 6.03 Å². The van der Waals surface area contributed by atoms with Gasteiger partial charge in [0.15, 0.2) is 0 Å². The van der Waals surface area contributed by atoms with Crippen LogP contribution in [0.25, 0.3) is 0 Å². The first-order valence-electron chi connectivity index (χ1n) is 10.5. The molecule has 2 saturated heterocycles. The van der Waals surface area contributed by atoms with Crippen LogP contribution in [-0.4, -0.2) is 90.7 Å². The second-order valence-corrected chi connectivity index (χ2v) is 9.13. The Bertz CT molecular complexity index is 514. The van der Waals surface area contributed by atoms with Crippen molar-refractivity contribution in [3.63, 3.8) is 0 Å². The van der Waals surface area contributed by atoms with E-state index in [1.54, 1.807) is 0 Å². The van der Waals surface area contributed by atoms with Crippen LogP contribution in [0.3, 0.4) is 0 Å². The molecule has 7 heteroatoms. The number of urea groups is 1. The van der Waals surface area contributed by atoms with Crippen LogP contribution in [0.4, 0.5) is 4.79 Å². The molecule has 0 bridgehead atoms. The number of carbonyl (C=O) groups excluding carboxylic acids is 2. The van der Waals surface area contributed by atoms with Gasteiger partial charge in [-0.15, -0.1) is 0 Å². The van der Waals surface area contributed by atoms with Gasteiger partial charge in [-0.25, -0.2) is 4.79 Å². The van der Waals surface area contributed by atoms with E-state index in [0.717, 1.165) is 25.9 Å². The van der Waals surface area contributed by atoms with Gasteiger partial charge in [0.25, 0.3) is 0 Å². The Morgan fingerprint density at radius 1 is 0.926 bits per heavy atom. The van der Waals surface area contributed by atoms with E-state index in [2.05, 4.69) is 10.2 Å². The molecule has 2 aliphatic heterocycles. The summed E-state index contributed by atoms with van der Waals surface area (Å²) in [6, 6.07) is -0.0301. The molecule has 3 rings (SSSR count). The first-order chi connectivity index (χ1) is 12.8. The van der Waals surface area contributed by atoms with Gasteiger partial charge in [-0.3, -0.25) is 9.69 Å². The number of hydrogen-bond acceptors (Lipinski definition) is 4. The summed E-state index contributed by atoms with van der Waals surface area (Å²) in [6.45, 7) is 11.6. The van der Waals surface area contributed by atoms with E-state index in [-0.39, 0.29) is 23.5 Å². The van der Waals surface area contributed by atoms with E-state index < -0.39 is 0 Å². The lowest BCUT2D eigenvalue weighted by atomic mass is 9.94. The van der Waals surface area contributed by atoms with Crippen molar-refractivity contribution in [1.82, 2.24) is 20.0 Å². The summed E-state index contributed by atoms with van der Waals surface area (Å²) >= 11 is 0. The van der Waals surface area contributed by atoms with Gasteiger partial charge in [0.2, 0.25) is 5.91 Å². The van der Waals surface area contributed by atoms with Crippen molar-refractivity contribution in [3.05, 3.63) is 0 Å². The van der Waals surface area contributed by atoms with Crippen LogP contribution in [0, 0.1) is 5.92 Å². The summed E-state index contributed by atoms with van der Waals surface area (Å²) in [4.78, 5) is 32.0. The standard InChI is InChI=1S/C20H36N4O3/c1-20(2,3)21-19(26)24-10-8-22(9-11-24)17(16-6-4-5-7-16)18(25)23-12-14-27-15-13-23/h16-17H,4-15H2,1-3H3,(H,21,26). The highest BCUT2D eigenvalue weighted by atomic mass is 16.5. The largest absolute Gasteiger partial charge is 0.378 e. The fourth-order valence-corrected chi connectivity index (χ4v) is 4.50. The van der Waals surface area contributed by atoms with E-state index in [1.807, 2.05) is 30.6 Å². The molecule has 154 valence electrons. The molecule has 1 unspecified atom stereocenters. The molecule has 1 N–H and O–H groups in total. The van der Waals surface area contributed by atoms with Crippen molar-refractivity contribution in [2.45, 2.75) is 58.0 Å². The number of rotatable bonds is 3. The second kappa shape index (κ2) is 8.78. The molecule has 0 aromatic heterocycles. The van der Waals surface area contributed by atoms with Crippen LogP contribution in [0.2, 0.25) is 0 Å². The number of nitrogens with zero attached hydrogens (tertiary/aromatic N) is 3. The molecule has 27 heavy (non-hydrogen) atoms. The Kier molecular flexibility index (Phi) is 6.63. The minimum absolute atomic E-state index is 0.000859. The molecule has 7 nitrogen and oxygen atoms in total. The number of ether oxygens (including phenoxy) is 1. The first kappa shape index (κ1) is 20.4. The van der Waals surface area contributed by atoms with Crippen molar-refractivity contribution >= 4 is 11.9 Å². The molecule has 1 aliphatic carbocycles. The second-order valence-electron chi connectivity index (χ2n) is 9.13. The lowest BCUT2D eigenvalue weighted by molar-refractivity contribution is -0.144. The maximum Gasteiger partial charge on any atom is 0.317 e. The van der Waals surface area contributed by atoms with Crippen LogP contribution < -0.4 is 5.32 Å². The molecule has 0 aromatic carbocycles. The van der Waals surface area contributed by atoms with E-state index >= 15 is 0 Å². The van der Waals surface area contributed by atoms with Crippen LogP contribution in [0.1, 0.15) is 46.5 Å². The molecule has 2 heterocycles. The molecule has 0 spiro atoms. The van der Waals surface area contributed by atoms with E-state index in [9.17, 15) is 9.59 Å². The molecular weight excluding hydrogens is 344 g/mol. The van der Waals surface area contributed by atoms with Crippen molar-refractivity contribution < 1.29 is 14.3 Å². The van der Waals surface area contributed by atoms with Crippen molar-refractivity contribution in [2.24, 2.45) is 5.92 Å². The minimum Gasteiger partial charge on any atom is -0.378 e. The lowest BCUT2D eigenvalue weighted by Gasteiger charge is -2.43. The van der Waals surface area contributed by atoms with Gasteiger partial charge in [-0.1, -0.05) is 12.8 Å². The quantitative estimate of drug-likeness (QED) is 0.806. The van der Waals surface area contributed by atoms with E-state index in [0.29, 0.717) is 45.3 Å². The molecular formula is C20H36N4O3. The van der Waals surface area contributed by atoms with Gasteiger partial charge in [0, 0.05) is 44.8 Å². The molecule has 1 atom stereocenters. The summed E-state index contributed by atoms with van der Waals surface area (Å²) in [7, 11) is 0. The molecule has 3 amide bonds. The monoisotopic (exact) mass is 380 g/mol. The van der Waals surface area contributed by atoms with Gasteiger partial charge in [0.05, 0.1) is 19.3 Å². The Labute approximate surface area is 163 Å². The number of carbonyl (C=O) groups is 2. The Balaban J connectivity index is 1.62. The number of nitrogens with one attached hydrogen (secondary N) is 1. The smallest absolute Gasteiger partial charge is 0.317 e. The topological polar surface area (TPSA) is 65.1 Å². The molecule has 1 saturated carbocycles. The summed E-state index contributed by atoms with van der Waals surface area (Å²) in [5.41, 5.74) is -0.229. The van der Waals surface area contributed by atoms with Crippen LogP contribution in [-0.2, 0) is 9.53 Å². The van der Waals surface area contributed by atoms with Crippen molar-refractivity contribution in [1.29, 1.82) is 0 Å². The summed E-state index contributed by atoms with van der Waals surface area (Å²) in [6.07, 6.45) is 4.74. The van der Waals surface area contributed by atoms with Gasteiger partial charge in [-0.2, -0.15) is 0 Å². The fourth-order valence-electron chi connectivity index (χ4n) is 4.50. The average Bonchev–Trinajstić information content (AvgIpc) is 3.16. The maximum atomic E-state index is 13.3. The predicted octanol–water partition coefficient (Wildman–Crippen LogP) is 1.53. The molecule has 0 aromatic rings. The Morgan fingerprint density at radius 2 is 1.52 bits per heavy atom. The Morgan fingerprint density at radius 3 is 2.07 bits per heavy atom. The van der Waals surface area contributed by atoms with Gasteiger partial charge < -0.3 is 19.9 Å². The lowest BCUT2D eigenvalue weighted by Crippen LogP contribution is -2.61. The van der Waals surface area contributed by atoms with Gasteiger partial charge in [-0.05, 0) is 39.5 Å². The molecule has 0 radical (unpaired) electrons. The van der Waals surface area contributed by atoms with Crippen LogP contribution in [0.5, 0.6) is 0 Å².